The molecule has 4 atom stereocenters. The first-order valence-electron chi connectivity index (χ1n) is 12.5. The van der Waals surface area contributed by atoms with Gasteiger partial charge in [0, 0.05) is 6.07 Å². The predicted octanol–water partition coefficient (Wildman–Crippen LogP) is 1.54. The molecule has 0 bridgehead atoms. The number of aliphatic hydroxyl groups excluding tert-OH is 2. The van der Waals surface area contributed by atoms with Crippen LogP contribution in [0.25, 0.3) is 5.52 Å². The summed E-state index contributed by atoms with van der Waals surface area (Å²) in [5.41, 5.74) is 0.859. The lowest BCUT2D eigenvalue weighted by atomic mass is 9.92. The van der Waals surface area contributed by atoms with Crippen LogP contribution in [0.3, 0.4) is 0 Å². The molecule has 0 radical (unpaired) electrons. The van der Waals surface area contributed by atoms with Gasteiger partial charge in [-0.1, -0.05) is 0 Å². The van der Waals surface area contributed by atoms with E-state index in [2.05, 4.69) is 10.1 Å². The van der Waals surface area contributed by atoms with Crippen LogP contribution < -0.4 is 5.73 Å². The number of ether oxygens (including phenoxy) is 3. The van der Waals surface area contributed by atoms with E-state index in [1.165, 1.54) is 0 Å². The summed E-state index contributed by atoms with van der Waals surface area (Å²) in [7, 11) is -4.71. The molecular formula is C24H33FN5O11P. The fourth-order valence-electron chi connectivity index (χ4n) is 3.60. The molecule has 0 unspecified atom stereocenters. The second kappa shape index (κ2) is 12.2. The molecule has 2 aromatic rings. The van der Waals surface area contributed by atoms with Crippen molar-refractivity contribution in [1.29, 1.82) is 5.26 Å². The highest BCUT2D eigenvalue weighted by atomic mass is 31.2. The summed E-state index contributed by atoms with van der Waals surface area (Å²) in [5.74, 6) is -2.60. The highest BCUT2D eigenvalue weighted by Crippen LogP contribution is 2.51. The van der Waals surface area contributed by atoms with Gasteiger partial charge in [0.1, 0.15) is 36.2 Å². The fraction of sp³-hybridized carbons (Fsp3) is 0.625. The van der Waals surface area contributed by atoms with Crippen LogP contribution in [0.2, 0.25) is 0 Å². The van der Waals surface area contributed by atoms with Gasteiger partial charge < -0.3 is 30.2 Å². The van der Waals surface area contributed by atoms with Gasteiger partial charge in [0.15, 0.2) is 11.6 Å². The molecule has 2 aromatic heterocycles. The first kappa shape index (κ1) is 33.3. The summed E-state index contributed by atoms with van der Waals surface area (Å²) in [4.78, 5) is 27.8. The Balaban J connectivity index is 1.80. The van der Waals surface area contributed by atoms with Crippen molar-refractivity contribution in [2.45, 2.75) is 65.5 Å². The maximum Gasteiger partial charge on any atom is 0.480 e. The van der Waals surface area contributed by atoms with Crippen LogP contribution in [0.15, 0.2) is 12.4 Å². The zero-order valence-electron chi connectivity index (χ0n) is 23.8. The van der Waals surface area contributed by atoms with E-state index in [-0.39, 0.29) is 17.0 Å². The number of carbonyl (C=O) groups excluding carboxylic acids is 2. The second-order valence-electron chi connectivity index (χ2n) is 11.3. The molecule has 1 fully saturated rings. The Morgan fingerprint density at radius 3 is 2.19 bits per heavy atom. The molecule has 0 saturated carbocycles. The first-order chi connectivity index (χ1) is 19.4. The van der Waals surface area contributed by atoms with Crippen LogP contribution in [0.4, 0.5) is 10.2 Å². The molecule has 1 aliphatic rings. The Bertz CT molecular complexity index is 1380. The van der Waals surface area contributed by atoms with Gasteiger partial charge in [0.05, 0.1) is 23.1 Å². The van der Waals surface area contributed by atoms with E-state index >= 15 is 0 Å². The van der Waals surface area contributed by atoms with Crippen LogP contribution in [-0.4, -0.2) is 75.3 Å². The third-order valence-corrected chi connectivity index (χ3v) is 7.27. The van der Waals surface area contributed by atoms with Crippen LogP contribution in [0.5, 0.6) is 0 Å². The van der Waals surface area contributed by atoms with Gasteiger partial charge in [0.25, 0.3) is 0 Å². The lowest BCUT2D eigenvalue weighted by molar-refractivity contribution is -0.163. The summed E-state index contributed by atoms with van der Waals surface area (Å²) in [6.07, 6.45) is -4.41. The highest BCUT2D eigenvalue weighted by molar-refractivity contribution is 7.48. The number of phosphoric acid groups is 1. The Morgan fingerprint density at radius 2 is 1.69 bits per heavy atom. The van der Waals surface area contributed by atoms with Gasteiger partial charge >= 0.3 is 19.8 Å². The second-order valence-corrected chi connectivity index (χ2v) is 13.0. The Hall–Kier alpha value is -3.23. The number of phosphoric ester groups is 1. The standard InChI is InChI=1S/C24H33FN5O11P/c1-22(2,3)20(33)36-11-39-42(35,40-12-37-21(34)23(4,5)6)38-8-14-17(31)18(32)24(9-26,41-14)15-7-13(25)16-19(27)28-10-29-30(15)16/h7,10,14,17-18,31-32H,8,11-12H2,1-6H3,(H2,27,28,29)/t14-,17-,18-,24+/m1/s1. The number of halogens is 1. The largest absolute Gasteiger partial charge is 0.480 e. The molecular weight excluding hydrogens is 584 g/mol. The molecule has 18 heteroatoms. The number of esters is 2. The van der Waals surface area contributed by atoms with Crippen molar-refractivity contribution in [2.24, 2.45) is 10.8 Å². The van der Waals surface area contributed by atoms with E-state index in [9.17, 15) is 34.0 Å². The third-order valence-electron chi connectivity index (χ3n) is 5.96. The zero-order chi connectivity index (χ0) is 31.7. The van der Waals surface area contributed by atoms with Crippen molar-refractivity contribution < 1.29 is 56.5 Å². The lowest BCUT2D eigenvalue weighted by Gasteiger charge is -2.24. The van der Waals surface area contributed by atoms with E-state index in [1.807, 2.05) is 0 Å². The lowest BCUT2D eigenvalue weighted by Crippen LogP contribution is -2.41. The molecule has 3 rings (SSSR count). The normalized spacial score (nSPS) is 23.1. The van der Waals surface area contributed by atoms with Crippen molar-refractivity contribution in [3.63, 3.8) is 0 Å². The van der Waals surface area contributed by atoms with E-state index in [4.69, 9.17) is 33.5 Å². The van der Waals surface area contributed by atoms with E-state index in [1.54, 1.807) is 47.6 Å². The topological polar surface area (TPSA) is 227 Å². The van der Waals surface area contributed by atoms with Gasteiger partial charge in [0.2, 0.25) is 19.2 Å². The number of aliphatic hydroxyl groups is 2. The van der Waals surface area contributed by atoms with Crippen molar-refractivity contribution in [3.05, 3.63) is 23.9 Å². The fourth-order valence-corrected chi connectivity index (χ4v) is 4.52. The maximum atomic E-state index is 14.7. The summed E-state index contributed by atoms with van der Waals surface area (Å²) in [6, 6.07) is 2.56. The van der Waals surface area contributed by atoms with Gasteiger partial charge in [-0.3, -0.25) is 14.1 Å². The van der Waals surface area contributed by atoms with Crippen LogP contribution in [0.1, 0.15) is 47.2 Å². The zero-order valence-corrected chi connectivity index (χ0v) is 24.7. The van der Waals surface area contributed by atoms with Crippen molar-refractivity contribution in [1.82, 2.24) is 14.6 Å². The summed E-state index contributed by atoms with van der Waals surface area (Å²) >= 11 is 0. The number of nitrogens with two attached hydrogens (primary N) is 1. The molecule has 3 heterocycles. The molecule has 16 nitrogen and oxygen atoms in total. The Morgan fingerprint density at radius 1 is 1.14 bits per heavy atom. The van der Waals surface area contributed by atoms with E-state index in [0.29, 0.717) is 0 Å². The first-order valence-corrected chi connectivity index (χ1v) is 13.9. The number of nitrogen functional groups attached to an aromatic ring is 1. The minimum absolute atomic E-state index is 0.260. The number of fused-ring (bicyclic) bond motifs is 1. The molecule has 0 aromatic carbocycles. The van der Waals surface area contributed by atoms with Crippen molar-refractivity contribution in [2.75, 3.05) is 25.9 Å². The Kier molecular flexibility index (Phi) is 9.64. The SMILES string of the molecule is CC(C)(C)C(=O)OCOP(=O)(OCOC(=O)C(C)(C)C)OC[C@H]1O[C@@](C#N)(c2cc(F)c3c(N)ncnn23)[C@H](O)[C@@H]1O. The van der Waals surface area contributed by atoms with Crippen molar-refractivity contribution in [3.8, 4) is 6.07 Å². The number of aromatic nitrogens is 3. The Labute approximate surface area is 240 Å². The molecule has 0 amide bonds. The summed E-state index contributed by atoms with van der Waals surface area (Å²) in [6.45, 7) is 6.80. The average Bonchev–Trinajstić information content (AvgIpc) is 3.36. The third kappa shape index (κ3) is 6.87. The number of carbonyl (C=O) groups is 2. The number of anilines is 1. The molecule has 0 aliphatic carbocycles. The molecule has 4 N–H and O–H groups in total. The molecule has 0 spiro atoms. The minimum atomic E-state index is -4.71. The van der Waals surface area contributed by atoms with Gasteiger partial charge in [-0.25, -0.2) is 27.5 Å². The van der Waals surface area contributed by atoms with E-state index in [0.717, 1.165) is 16.9 Å². The quantitative estimate of drug-likeness (QED) is 0.195. The number of nitrogens with zero attached hydrogens (tertiary/aromatic N) is 4. The van der Waals surface area contributed by atoms with Gasteiger partial charge in [-0.15, -0.1) is 0 Å². The van der Waals surface area contributed by atoms with Crippen molar-refractivity contribution >= 4 is 31.1 Å². The van der Waals surface area contributed by atoms with E-state index < -0.39 is 80.5 Å². The average molecular weight is 618 g/mol. The molecule has 1 aliphatic heterocycles. The highest BCUT2D eigenvalue weighted by Gasteiger charge is 2.58. The molecule has 232 valence electrons. The van der Waals surface area contributed by atoms with Crippen LogP contribution in [0, 0.1) is 28.0 Å². The minimum Gasteiger partial charge on any atom is -0.437 e. The molecule has 42 heavy (non-hydrogen) atoms. The predicted molar refractivity (Wildman–Crippen MR) is 138 cm³/mol. The summed E-state index contributed by atoms with van der Waals surface area (Å²) < 4.78 is 59.8. The number of rotatable bonds is 10. The number of hydrogen-bond acceptors (Lipinski definition) is 15. The molecule has 1 saturated heterocycles. The van der Waals surface area contributed by atoms with Gasteiger partial charge in [-0.2, -0.15) is 10.4 Å². The van der Waals surface area contributed by atoms with Crippen LogP contribution in [-0.2, 0) is 47.5 Å². The summed E-state index contributed by atoms with van der Waals surface area (Å²) in [5, 5.41) is 35.4. The van der Waals surface area contributed by atoms with Gasteiger partial charge in [-0.05, 0) is 41.5 Å². The monoisotopic (exact) mass is 617 g/mol. The van der Waals surface area contributed by atoms with Crippen LogP contribution >= 0.6 is 7.82 Å². The maximum absolute atomic E-state index is 14.7. The number of hydrogen-bond donors (Lipinski definition) is 3. The smallest absolute Gasteiger partial charge is 0.437 e. The number of nitriles is 1.